The summed E-state index contributed by atoms with van der Waals surface area (Å²) in [4.78, 5) is 26.5. The highest BCUT2D eigenvalue weighted by molar-refractivity contribution is 5.92. The van der Waals surface area contributed by atoms with E-state index in [-0.39, 0.29) is 5.91 Å². The van der Waals surface area contributed by atoms with Crippen LogP contribution in [0.5, 0.6) is 11.5 Å². The van der Waals surface area contributed by atoms with Crippen molar-refractivity contribution in [2.45, 2.75) is 25.8 Å². The van der Waals surface area contributed by atoms with Gasteiger partial charge in [-0.3, -0.25) is 4.79 Å². The Hall–Kier alpha value is -3.28. The molecular formula is C23H26N2O4. The van der Waals surface area contributed by atoms with Gasteiger partial charge in [-0.1, -0.05) is 30.3 Å². The van der Waals surface area contributed by atoms with Crippen molar-refractivity contribution in [2.75, 3.05) is 20.2 Å². The summed E-state index contributed by atoms with van der Waals surface area (Å²) in [7, 11) is 1.55. The molecule has 2 aromatic rings. The first-order valence-corrected chi connectivity index (χ1v) is 9.80. The van der Waals surface area contributed by atoms with E-state index in [0.717, 1.165) is 31.5 Å². The molecule has 3 rings (SSSR count). The van der Waals surface area contributed by atoms with Gasteiger partial charge in [0, 0.05) is 37.3 Å². The van der Waals surface area contributed by atoms with Crippen LogP contribution in [0.15, 0.2) is 54.6 Å². The van der Waals surface area contributed by atoms with Gasteiger partial charge in [0.15, 0.2) is 0 Å². The normalized spacial score (nSPS) is 13.9. The molecule has 0 radical (unpaired) electrons. The van der Waals surface area contributed by atoms with Crippen LogP contribution in [0.4, 0.5) is 4.79 Å². The lowest BCUT2D eigenvalue weighted by Gasteiger charge is -2.25. The molecule has 0 atom stereocenters. The first kappa shape index (κ1) is 20.5. The first-order valence-electron chi connectivity index (χ1n) is 9.80. The molecule has 6 nitrogen and oxygen atoms in total. The van der Waals surface area contributed by atoms with E-state index in [2.05, 4.69) is 5.32 Å². The lowest BCUT2D eigenvalue weighted by Crippen LogP contribution is -2.34. The quantitative estimate of drug-likeness (QED) is 0.752. The molecule has 1 saturated heterocycles. The second kappa shape index (κ2) is 10.3. The summed E-state index contributed by atoms with van der Waals surface area (Å²) in [5, 5.41) is 2.73. The number of nitrogens with one attached hydrogen (secondary N) is 1. The number of amides is 2. The van der Waals surface area contributed by atoms with Crippen LogP contribution in [-0.2, 0) is 11.3 Å². The maximum atomic E-state index is 12.4. The average molecular weight is 394 g/mol. The number of rotatable bonds is 6. The van der Waals surface area contributed by atoms with Gasteiger partial charge in [0.05, 0.1) is 7.11 Å². The van der Waals surface area contributed by atoms with Gasteiger partial charge in [-0.05, 0) is 43.0 Å². The molecule has 2 amide bonds. The Morgan fingerprint density at radius 2 is 1.83 bits per heavy atom. The van der Waals surface area contributed by atoms with Gasteiger partial charge in [0.25, 0.3) is 0 Å². The number of nitrogens with zero attached hydrogens (tertiary/aromatic N) is 1. The molecule has 0 aliphatic carbocycles. The van der Waals surface area contributed by atoms with E-state index >= 15 is 0 Å². The van der Waals surface area contributed by atoms with Gasteiger partial charge in [0.1, 0.15) is 11.5 Å². The number of benzene rings is 2. The lowest BCUT2D eigenvalue weighted by atomic mass is 10.1. The van der Waals surface area contributed by atoms with E-state index in [4.69, 9.17) is 9.47 Å². The number of methoxy groups -OCH3 is 1. The molecule has 1 fully saturated rings. The highest BCUT2D eigenvalue weighted by atomic mass is 16.6. The van der Waals surface area contributed by atoms with Gasteiger partial charge in [-0.25, -0.2) is 4.79 Å². The topological polar surface area (TPSA) is 67.9 Å². The van der Waals surface area contributed by atoms with E-state index in [1.54, 1.807) is 31.4 Å². The molecule has 1 N–H and O–H groups in total. The molecule has 6 heteroatoms. The Morgan fingerprint density at radius 3 is 2.55 bits per heavy atom. The van der Waals surface area contributed by atoms with E-state index in [1.165, 1.54) is 12.5 Å². The van der Waals surface area contributed by atoms with Crippen molar-refractivity contribution in [1.82, 2.24) is 10.2 Å². The summed E-state index contributed by atoms with van der Waals surface area (Å²) in [6, 6.07) is 14.7. The number of ether oxygens (including phenoxy) is 2. The van der Waals surface area contributed by atoms with Crippen molar-refractivity contribution in [3.8, 4) is 11.5 Å². The van der Waals surface area contributed by atoms with Crippen LogP contribution in [-0.4, -0.2) is 37.1 Å². The van der Waals surface area contributed by atoms with Crippen molar-refractivity contribution in [3.05, 3.63) is 65.7 Å². The van der Waals surface area contributed by atoms with E-state index in [1.807, 2.05) is 35.2 Å². The van der Waals surface area contributed by atoms with Gasteiger partial charge < -0.3 is 19.7 Å². The molecule has 0 saturated carbocycles. The number of carbonyl (C=O) groups excluding carboxylic acids is 2. The number of carbonyl (C=O) groups is 2. The minimum atomic E-state index is -0.570. The summed E-state index contributed by atoms with van der Waals surface area (Å²) in [6.07, 6.45) is 5.88. The Morgan fingerprint density at radius 1 is 1.07 bits per heavy atom. The third-order valence-electron chi connectivity index (χ3n) is 4.78. The Balaban J connectivity index is 1.67. The van der Waals surface area contributed by atoms with E-state index < -0.39 is 6.09 Å². The van der Waals surface area contributed by atoms with E-state index in [9.17, 15) is 9.59 Å². The lowest BCUT2D eigenvalue weighted by molar-refractivity contribution is -0.126. The fraction of sp³-hybridized carbons (Fsp3) is 0.304. The molecular weight excluding hydrogens is 368 g/mol. The van der Waals surface area contributed by atoms with Gasteiger partial charge in [-0.2, -0.15) is 0 Å². The number of piperidine rings is 1. The van der Waals surface area contributed by atoms with Crippen LogP contribution in [0.2, 0.25) is 0 Å². The minimum Gasteiger partial charge on any atom is -0.497 e. The van der Waals surface area contributed by atoms with Crippen molar-refractivity contribution in [1.29, 1.82) is 0 Å². The fourth-order valence-electron chi connectivity index (χ4n) is 3.15. The molecule has 0 unspecified atom stereocenters. The van der Waals surface area contributed by atoms with Gasteiger partial charge in [0.2, 0.25) is 5.91 Å². The summed E-state index contributed by atoms with van der Waals surface area (Å²) in [5.41, 5.74) is 1.60. The summed E-state index contributed by atoms with van der Waals surface area (Å²) in [5.74, 6) is 0.868. The largest absolute Gasteiger partial charge is 0.497 e. The van der Waals surface area contributed by atoms with Crippen molar-refractivity contribution in [2.24, 2.45) is 0 Å². The van der Waals surface area contributed by atoms with Crippen LogP contribution in [0.1, 0.15) is 30.4 Å². The second-order valence-corrected chi connectivity index (χ2v) is 6.85. The molecule has 2 aromatic carbocycles. The minimum absolute atomic E-state index is 0.0278. The Labute approximate surface area is 171 Å². The SMILES string of the molecule is COc1ccc(/C=C/C(=O)N2CCCCC2)c(OC(=O)NCc2ccccc2)c1. The van der Waals surface area contributed by atoms with Gasteiger partial charge >= 0.3 is 6.09 Å². The molecule has 0 spiro atoms. The maximum Gasteiger partial charge on any atom is 0.412 e. The molecule has 0 bridgehead atoms. The maximum absolute atomic E-state index is 12.4. The van der Waals surface area contributed by atoms with Crippen molar-refractivity contribution < 1.29 is 19.1 Å². The summed E-state index contributed by atoms with van der Waals surface area (Å²) in [6.45, 7) is 1.94. The second-order valence-electron chi connectivity index (χ2n) is 6.85. The highest BCUT2D eigenvalue weighted by Gasteiger charge is 2.15. The number of likely N-dealkylation sites (tertiary alicyclic amines) is 1. The van der Waals surface area contributed by atoms with Crippen LogP contribution in [0, 0.1) is 0 Å². The van der Waals surface area contributed by atoms with Gasteiger partial charge in [-0.15, -0.1) is 0 Å². The standard InChI is InChI=1S/C23H26N2O4/c1-28-20-12-10-19(11-13-22(26)25-14-6-3-7-15-25)21(16-20)29-23(27)24-17-18-8-4-2-5-9-18/h2,4-5,8-13,16H,3,6-7,14-15,17H2,1H3,(H,24,27)/b13-11+. The zero-order chi connectivity index (χ0) is 20.5. The predicted octanol–water partition coefficient (Wildman–Crippen LogP) is 4.01. The zero-order valence-electron chi connectivity index (χ0n) is 16.6. The highest BCUT2D eigenvalue weighted by Crippen LogP contribution is 2.26. The Bertz CT molecular complexity index is 858. The Kier molecular flexibility index (Phi) is 7.28. The molecule has 0 aromatic heterocycles. The van der Waals surface area contributed by atoms with Crippen LogP contribution < -0.4 is 14.8 Å². The zero-order valence-corrected chi connectivity index (χ0v) is 16.6. The van der Waals surface area contributed by atoms with Crippen molar-refractivity contribution in [3.63, 3.8) is 0 Å². The van der Waals surface area contributed by atoms with Crippen LogP contribution in [0.3, 0.4) is 0 Å². The smallest absolute Gasteiger partial charge is 0.412 e. The first-order chi connectivity index (χ1) is 14.2. The predicted molar refractivity (Wildman–Crippen MR) is 112 cm³/mol. The van der Waals surface area contributed by atoms with Crippen LogP contribution >= 0.6 is 0 Å². The monoisotopic (exact) mass is 394 g/mol. The summed E-state index contributed by atoms with van der Waals surface area (Å²) >= 11 is 0. The van der Waals surface area contributed by atoms with Crippen molar-refractivity contribution >= 4 is 18.1 Å². The number of hydrogen-bond acceptors (Lipinski definition) is 4. The fourth-order valence-corrected chi connectivity index (χ4v) is 3.15. The molecule has 29 heavy (non-hydrogen) atoms. The summed E-state index contributed by atoms with van der Waals surface area (Å²) < 4.78 is 10.7. The van der Waals surface area contributed by atoms with E-state index in [0.29, 0.717) is 23.6 Å². The molecule has 1 aliphatic rings. The molecule has 1 heterocycles. The molecule has 1 aliphatic heterocycles. The third-order valence-corrected chi connectivity index (χ3v) is 4.78. The van der Waals surface area contributed by atoms with Crippen LogP contribution in [0.25, 0.3) is 6.08 Å². The third kappa shape index (κ3) is 6.10. The average Bonchev–Trinajstić information content (AvgIpc) is 2.78. The number of hydrogen-bond donors (Lipinski definition) is 1. The molecule has 152 valence electrons.